The van der Waals surface area contributed by atoms with Crippen molar-refractivity contribution in [2.45, 2.75) is 39.7 Å². The van der Waals surface area contributed by atoms with Crippen molar-refractivity contribution in [3.8, 4) is 0 Å². The van der Waals surface area contributed by atoms with Gasteiger partial charge in [0, 0.05) is 5.71 Å². The topological polar surface area (TPSA) is 70.1 Å². The predicted molar refractivity (Wildman–Crippen MR) is 49.0 cm³/mol. The fraction of sp³-hybridized carbons (Fsp3) is 0.875. The number of aliphatic hydroxyl groups excluding tert-OH is 1. The molecule has 3 heteroatoms. The average Bonchev–Trinajstić information content (AvgIpc) is 2.03. The Balaban J connectivity index is 0. The molecule has 0 aliphatic carbocycles. The lowest BCUT2D eigenvalue weighted by atomic mass is 10.1. The van der Waals surface area contributed by atoms with Crippen LogP contribution in [0.2, 0.25) is 0 Å². The molecule has 0 amide bonds. The number of hydrogen-bond donors (Lipinski definition) is 3. The number of nitrogens with two attached hydrogens (primary N) is 1. The van der Waals surface area contributed by atoms with Gasteiger partial charge >= 0.3 is 0 Å². The van der Waals surface area contributed by atoms with Gasteiger partial charge < -0.3 is 16.2 Å². The molecule has 0 aliphatic rings. The molecular weight excluding hydrogens is 140 g/mol. The molecule has 68 valence electrons. The molecule has 3 nitrogen and oxygen atoms in total. The van der Waals surface area contributed by atoms with E-state index < -0.39 is 6.10 Å². The first-order chi connectivity index (χ1) is 5.18. The summed E-state index contributed by atoms with van der Waals surface area (Å²) in [5, 5.41) is 16.0. The minimum Gasteiger partial charge on any atom is -0.387 e. The van der Waals surface area contributed by atoms with E-state index in [4.69, 9.17) is 16.2 Å². The molecule has 0 spiro atoms. The molecular formula is C8H20N2O. The van der Waals surface area contributed by atoms with Crippen LogP contribution in [0.25, 0.3) is 0 Å². The summed E-state index contributed by atoms with van der Waals surface area (Å²) >= 11 is 0. The highest BCUT2D eigenvalue weighted by Gasteiger charge is 2.03. The van der Waals surface area contributed by atoms with Gasteiger partial charge in [-0.05, 0) is 26.3 Å². The Morgan fingerprint density at radius 1 is 1.55 bits per heavy atom. The Hall–Kier alpha value is -0.410. The van der Waals surface area contributed by atoms with Gasteiger partial charge in [-0.1, -0.05) is 13.8 Å². The second-order valence-corrected chi connectivity index (χ2v) is 2.13. The lowest BCUT2D eigenvalue weighted by Gasteiger charge is -2.05. The molecule has 0 bridgehead atoms. The smallest absolute Gasteiger partial charge is 0.0911 e. The highest BCUT2D eigenvalue weighted by atomic mass is 16.3. The van der Waals surface area contributed by atoms with E-state index >= 15 is 0 Å². The summed E-state index contributed by atoms with van der Waals surface area (Å²) in [5.74, 6) is 0. The standard InChI is InChI=1S/C6H14N2O.C2H6/c1-5(8)6(9)3-2-4-7;1-2/h6,8-9H,2-4,7H2,1H3;1-2H3. The van der Waals surface area contributed by atoms with Crippen molar-refractivity contribution in [2.75, 3.05) is 6.54 Å². The summed E-state index contributed by atoms with van der Waals surface area (Å²) < 4.78 is 0. The van der Waals surface area contributed by atoms with Crippen LogP contribution in [0, 0.1) is 5.41 Å². The summed E-state index contributed by atoms with van der Waals surface area (Å²) in [5.41, 5.74) is 5.52. The van der Waals surface area contributed by atoms with Gasteiger partial charge in [0.25, 0.3) is 0 Å². The minimum atomic E-state index is -0.575. The second kappa shape index (κ2) is 9.59. The monoisotopic (exact) mass is 160 g/mol. The van der Waals surface area contributed by atoms with E-state index in [1.165, 1.54) is 0 Å². The molecule has 0 radical (unpaired) electrons. The second-order valence-electron chi connectivity index (χ2n) is 2.13. The zero-order chi connectivity index (χ0) is 9.28. The fourth-order valence-corrected chi connectivity index (χ4v) is 0.528. The maximum atomic E-state index is 8.98. The van der Waals surface area contributed by atoms with Crippen LogP contribution >= 0.6 is 0 Å². The van der Waals surface area contributed by atoms with Crippen LogP contribution in [0.1, 0.15) is 33.6 Å². The van der Waals surface area contributed by atoms with E-state index in [-0.39, 0.29) is 0 Å². The van der Waals surface area contributed by atoms with Crippen molar-refractivity contribution in [1.82, 2.24) is 0 Å². The van der Waals surface area contributed by atoms with Crippen molar-refractivity contribution in [2.24, 2.45) is 5.73 Å². The van der Waals surface area contributed by atoms with E-state index in [9.17, 15) is 0 Å². The summed E-state index contributed by atoms with van der Waals surface area (Å²) in [7, 11) is 0. The van der Waals surface area contributed by atoms with Crippen molar-refractivity contribution in [1.29, 1.82) is 5.41 Å². The van der Waals surface area contributed by atoms with Crippen LogP contribution in [0.15, 0.2) is 0 Å². The molecule has 4 N–H and O–H groups in total. The Bertz CT molecular complexity index is 94.1. The van der Waals surface area contributed by atoms with Gasteiger partial charge in [-0.25, -0.2) is 0 Å². The fourth-order valence-electron chi connectivity index (χ4n) is 0.528. The van der Waals surface area contributed by atoms with E-state index in [0.717, 1.165) is 6.42 Å². The molecule has 0 aromatic carbocycles. The van der Waals surface area contributed by atoms with Gasteiger partial charge in [-0.15, -0.1) is 0 Å². The largest absolute Gasteiger partial charge is 0.387 e. The van der Waals surface area contributed by atoms with E-state index in [0.29, 0.717) is 18.7 Å². The van der Waals surface area contributed by atoms with Crippen LogP contribution in [-0.4, -0.2) is 23.5 Å². The Morgan fingerprint density at radius 3 is 2.27 bits per heavy atom. The molecule has 0 aromatic heterocycles. The third kappa shape index (κ3) is 9.59. The highest BCUT2D eigenvalue weighted by molar-refractivity contribution is 5.82. The minimum absolute atomic E-state index is 0.323. The SMILES string of the molecule is CC.CC(=N)C(O)CCCN. The zero-order valence-electron chi connectivity index (χ0n) is 7.72. The summed E-state index contributed by atoms with van der Waals surface area (Å²) in [4.78, 5) is 0. The van der Waals surface area contributed by atoms with Crippen LogP contribution in [-0.2, 0) is 0 Å². The van der Waals surface area contributed by atoms with Crippen molar-refractivity contribution in [3.63, 3.8) is 0 Å². The van der Waals surface area contributed by atoms with Gasteiger partial charge in [0.15, 0.2) is 0 Å². The predicted octanol–water partition coefficient (Wildman–Crippen LogP) is 1.15. The normalized spacial score (nSPS) is 11.4. The van der Waals surface area contributed by atoms with Crippen molar-refractivity contribution >= 4 is 5.71 Å². The maximum Gasteiger partial charge on any atom is 0.0911 e. The Morgan fingerprint density at radius 2 is 2.00 bits per heavy atom. The lowest BCUT2D eigenvalue weighted by Crippen LogP contribution is -2.17. The Labute approximate surface area is 69.1 Å². The molecule has 0 heterocycles. The maximum absolute atomic E-state index is 8.98. The van der Waals surface area contributed by atoms with E-state index in [2.05, 4.69) is 0 Å². The van der Waals surface area contributed by atoms with Gasteiger partial charge in [0.05, 0.1) is 6.10 Å². The summed E-state index contributed by atoms with van der Waals surface area (Å²) in [6.07, 6.45) is 0.831. The molecule has 0 saturated carbocycles. The molecule has 0 saturated heterocycles. The molecule has 11 heavy (non-hydrogen) atoms. The van der Waals surface area contributed by atoms with E-state index in [1.807, 2.05) is 13.8 Å². The molecule has 0 rings (SSSR count). The van der Waals surface area contributed by atoms with E-state index in [1.54, 1.807) is 6.92 Å². The van der Waals surface area contributed by atoms with Crippen LogP contribution in [0.5, 0.6) is 0 Å². The van der Waals surface area contributed by atoms with Crippen LogP contribution < -0.4 is 5.73 Å². The average molecular weight is 160 g/mol. The highest BCUT2D eigenvalue weighted by Crippen LogP contribution is 1.95. The quantitative estimate of drug-likeness (QED) is 0.540. The molecule has 1 unspecified atom stereocenters. The first kappa shape index (κ1) is 13.2. The molecule has 1 atom stereocenters. The summed E-state index contributed by atoms with van der Waals surface area (Å²) in [6.45, 7) is 6.19. The lowest BCUT2D eigenvalue weighted by molar-refractivity contribution is 0.227. The molecule has 0 aliphatic heterocycles. The number of rotatable bonds is 4. The number of hydrogen-bond acceptors (Lipinski definition) is 3. The van der Waals surface area contributed by atoms with Gasteiger partial charge in [-0.3, -0.25) is 0 Å². The number of nitrogens with one attached hydrogen (secondary N) is 1. The van der Waals surface area contributed by atoms with Crippen molar-refractivity contribution in [3.05, 3.63) is 0 Å². The molecule has 0 aromatic rings. The van der Waals surface area contributed by atoms with Crippen LogP contribution in [0.3, 0.4) is 0 Å². The third-order valence-corrected chi connectivity index (χ3v) is 1.18. The third-order valence-electron chi connectivity index (χ3n) is 1.18. The zero-order valence-corrected chi connectivity index (χ0v) is 7.72. The van der Waals surface area contributed by atoms with Gasteiger partial charge in [0.2, 0.25) is 0 Å². The Kier molecular flexibility index (Phi) is 11.5. The van der Waals surface area contributed by atoms with Crippen LogP contribution in [0.4, 0.5) is 0 Å². The van der Waals surface area contributed by atoms with Crippen molar-refractivity contribution < 1.29 is 5.11 Å². The summed E-state index contributed by atoms with van der Waals surface area (Å²) in [6, 6.07) is 0. The first-order valence-corrected chi connectivity index (χ1v) is 4.11. The number of aliphatic hydroxyl groups is 1. The van der Waals surface area contributed by atoms with Gasteiger partial charge in [0.1, 0.15) is 0 Å². The molecule has 0 fully saturated rings. The van der Waals surface area contributed by atoms with Gasteiger partial charge in [-0.2, -0.15) is 0 Å². The first-order valence-electron chi connectivity index (χ1n) is 4.11.